The lowest BCUT2D eigenvalue weighted by Crippen LogP contribution is -1.74. The Balaban J connectivity index is 3.79. The van der Waals surface area contributed by atoms with Crippen molar-refractivity contribution in [2.45, 2.75) is 26.2 Å². The second-order valence-corrected chi connectivity index (χ2v) is 3.01. The van der Waals surface area contributed by atoms with E-state index in [1.54, 1.807) is 0 Å². The van der Waals surface area contributed by atoms with E-state index in [1.807, 2.05) is 6.08 Å². The predicted octanol–water partition coefficient (Wildman–Crippen LogP) is 4.24. The van der Waals surface area contributed by atoms with Crippen LogP contribution in [-0.2, 0) is 0 Å². The quantitative estimate of drug-likeness (QED) is 0.301. The van der Waals surface area contributed by atoms with Crippen molar-refractivity contribution >= 4 is 22.6 Å². The van der Waals surface area contributed by atoms with Crippen molar-refractivity contribution in [3.05, 3.63) is 34.5 Å². The highest BCUT2D eigenvalue weighted by Crippen LogP contribution is 2.06. The predicted molar refractivity (Wildman–Crippen MR) is 61.0 cm³/mol. The third-order valence-electron chi connectivity index (χ3n) is 1.46. The summed E-state index contributed by atoms with van der Waals surface area (Å²) in [6.07, 6.45) is 9.71. The van der Waals surface area contributed by atoms with Crippen LogP contribution in [0.25, 0.3) is 0 Å². The van der Waals surface area contributed by atoms with E-state index in [1.165, 1.54) is 5.57 Å². The number of halogens is 1. The monoisotopic (exact) mass is 262 g/mol. The van der Waals surface area contributed by atoms with Crippen LogP contribution in [0.1, 0.15) is 26.2 Å². The Hall–Kier alpha value is -0.0500. The molecule has 1 heteroatoms. The van der Waals surface area contributed by atoms with Gasteiger partial charge < -0.3 is 0 Å². The van der Waals surface area contributed by atoms with Crippen molar-refractivity contribution in [3.8, 4) is 0 Å². The van der Waals surface area contributed by atoms with Crippen LogP contribution in [0.4, 0.5) is 0 Å². The highest BCUT2D eigenvalue weighted by Gasteiger charge is 1.85. The minimum absolute atomic E-state index is 1.08. The zero-order valence-electron chi connectivity index (χ0n) is 7.02. The summed E-state index contributed by atoms with van der Waals surface area (Å²) < 4.78 is 2.06. The molecule has 62 valence electrons. The maximum absolute atomic E-state index is 3.68. The van der Waals surface area contributed by atoms with E-state index in [-0.39, 0.29) is 0 Å². The molecule has 0 aromatic rings. The standard InChI is InChI=1S/C10H15I/c1-3-5-6-7-10(4-2)8-9-11/h3,7-9H,1,4-6H2,2H3/b9-8-,10-7+. The minimum atomic E-state index is 1.08. The second-order valence-electron chi connectivity index (χ2n) is 2.29. The molecule has 11 heavy (non-hydrogen) atoms. The molecule has 0 aromatic carbocycles. The molecule has 0 rings (SSSR count). The summed E-state index contributed by atoms with van der Waals surface area (Å²) in [6.45, 7) is 5.86. The van der Waals surface area contributed by atoms with E-state index in [9.17, 15) is 0 Å². The zero-order valence-corrected chi connectivity index (χ0v) is 9.17. The molecule has 0 atom stereocenters. The van der Waals surface area contributed by atoms with Gasteiger partial charge in [-0.25, -0.2) is 0 Å². The Morgan fingerprint density at radius 1 is 1.45 bits per heavy atom. The summed E-state index contributed by atoms with van der Waals surface area (Å²) in [5, 5.41) is 0. The fraction of sp³-hybridized carbons (Fsp3) is 0.400. The Kier molecular flexibility index (Phi) is 8.01. The van der Waals surface area contributed by atoms with Crippen molar-refractivity contribution in [2.24, 2.45) is 0 Å². The molecule has 0 heterocycles. The molecule has 0 aromatic heterocycles. The lowest BCUT2D eigenvalue weighted by Gasteiger charge is -1.94. The fourth-order valence-corrected chi connectivity index (χ4v) is 1.26. The number of hydrogen-bond acceptors (Lipinski definition) is 0. The van der Waals surface area contributed by atoms with Crippen LogP contribution in [0.5, 0.6) is 0 Å². The summed E-state index contributed by atoms with van der Waals surface area (Å²) in [5.41, 5.74) is 1.42. The molecule has 0 aliphatic carbocycles. The van der Waals surface area contributed by atoms with Gasteiger partial charge in [0.15, 0.2) is 0 Å². The number of allylic oxidation sites excluding steroid dienone is 4. The molecule has 0 aliphatic rings. The third kappa shape index (κ3) is 6.35. The van der Waals surface area contributed by atoms with Gasteiger partial charge in [0.05, 0.1) is 0 Å². The van der Waals surface area contributed by atoms with Crippen molar-refractivity contribution < 1.29 is 0 Å². The van der Waals surface area contributed by atoms with Gasteiger partial charge in [0.2, 0.25) is 0 Å². The Labute approximate surface area is 83.2 Å². The van der Waals surface area contributed by atoms with Crippen LogP contribution in [0.2, 0.25) is 0 Å². The first-order valence-corrected chi connectivity index (χ1v) is 5.16. The lowest BCUT2D eigenvalue weighted by atomic mass is 10.1. The van der Waals surface area contributed by atoms with Gasteiger partial charge in [0.1, 0.15) is 0 Å². The molecule has 0 saturated carbocycles. The first-order valence-electron chi connectivity index (χ1n) is 3.91. The van der Waals surface area contributed by atoms with Gasteiger partial charge in [-0.3, -0.25) is 0 Å². The van der Waals surface area contributed by atoms with Gasteiger partial charge in [0.25, 0.3) is 0 Å². The van der Waals surface area contributed by atoms with Gasteiger partial charge in [-0.15, -0.1) is 6.58 Å². The van der Waals surface area contributed by atoms with E-state index in [4.69, 9.17) is 0 Å². The molecule has 0 radical (unpaired) electrons. The van der Waals surface area contributed by atoms with E-state index < -0.39 is 0 Å². The Morgan fingerprint density at radius 2 is 2.18 bits per heavy atom. The summed E-state index contributed by atoms with van der Waals surface area (Å²) in [7, 11) is 0. The smallest absolute Gasteiger partial charge is 0.0231 e. The lowest BCUT2D eigenvalue weighted by molar-refractivity contribution is 1.02. The van der Waals surface area contributed by atoms with E-state index >= 15 is 0 Å². The van der Waals surface area contributed by atoms with Crippen molar-refractivity contribution in [3.63, 3.8) is 0 Å². The molecular formula is C10H15I. The second kappa shape index (κ2) is 8.05. The summed E-state index contributed by atoms with van der Waals surface area (Å²) in [6, 6.07) is 0. The Bertz CT molecular complexity index is 154. The summed E-state index contributed by atoms with van der Waals surface area (Å²) in [5.74, 6) is 0. The van der Waals surface area contributed by atoms with Crippen molar-refractivity contribution in [1.29, 1.82) is 0 Å². The largest absolute Gasteiger partial charge is 0.103 e. The molecule has 0 unspecified atom stereocenters. The maximum Gasteiger partial charge on any atom is -0.0231 e. The molecule has 0 saturated heterocycles. The number of rotatable bonds is 5. The molecule has 0 fully saturated rings. The van der Waals surface area contributed by atoms with Crippen LogP contribution in [-0.4, -0.2) is 0 Å². The first kappa shape index (κ1) is 11.0. The number of hydrogen-bond donors (Lipinski definition) is 0. The van der Waals surface area contributed by atoms with Crippen molar-refractivity contribution in [1.82, 2.24) is 0 Å². The highest BCUT2D eigenvalue weighted by molar-refractivity contribution is 14.1. The molecular weight excluding hydrogens is 247 g/mol. The number of unbranched alkanes of at least 4 members (excludes halogenated alkanes) is 1. The first-order chi connectivity index (χ1) is 5.35. The Morgan fingerprint density at radius 3 is 2.64 bits per heavy atom. The molecule has 0 amide bonds. The average Bonchev–Trinajstić information content (AvgIpc) is 2.03. The van der Waals surface area contributed by atoms with Gasteiger partial charge in [-0.1, -0.05) is 53.3 Å². The van der Waals surface area contributed by atoms with Gasteiger partial charge in [0, 0.05) is 0 Å². The molecule has 0 N–H and O–H groups in total. The van der Waals surface area contributed by atoms with Gasteiger partial charge >= 0.3 is 0 Å². The molecule has 0 nitrogen and oxygen atoms in total. The van der Waals surface area contributed by atoms with Gasteiger partial charge in [-0.2, -0.15) is 0 Å². The molecule has 0 spiro atoms. The van der Waals surface area contributed by atoms with Crippen LogP contribution >= 0.6 is 22.6 Å². The van der Waals surface area contributed by atoms with Crippen LogP contribution in [0.15, 0.2) is 34.5 Å². The van der Waals surface area contributed by atoms with Crippen LogP contribution in [0, 0.1) is 0 Å². The SMILES string of the molecule is C=CCC/C=C(/C=C\I)CC. The third-order valence-corrected chi connectivity index (χ3v) is 1.82. The van der Waals surface area contributed by atoms with E-state index in [2.05, 4.69) is 52.3 Å². The van der Waals surface area contributed by atoms with E-state index in [0.29, 0.717) is 0 Å². The maximum atomic E-state index is 3.68. The topological polar surface area (TPSA) is 0 Å². The highest BCUT2D eigenvalue weighted by atomic mass is 127. The van der Waals surface area contributed by atoms with E-state index in [0.717, 1.165) is 19.3 Å². The molecule has 0 aliphatic heterocycles. The van der Waals surface area contributed by atoms with Crippen molar-refractivity contribution in [2.75, 3.05) is 0 Å². The minimum Gasteiger partial charge on any atom is -0.103 e. The fourth-order valence-electron chi connectivity index (χ4n) is 0.798. The van der Waals surface area contributed by atoms with Crippen LogP contribution in [0.3, 0.4) is 0 Å². The van der Waals surface area contributed by atoms with Gasteiger partial charge in [-0.05, 0) is 23.3 Å². The summed E-state index contributed by atoms with van der Waals surface area (Å²) in [4.78, 5) is 0. The average molecular weight is 262 g/mol. The zero-order chi connectivity index (χ0) is 8.53. The summed E-state index contributed by atoms with van der Waals surface area (Å²) >= 11 is 2.25. The molecule has 0 bridgehead atoms. The van der Waals surface area contributed by atoms with Crippen LogP contribution < -0.4 is 0 Å². The normalized spacial score (nSPS) is 12.4.